The Bertz CT molecular complexity index is 2380. The fraction of sp³-hybridized carbons (Fsp3) is 0.200. The van der Waals surface area contributed by atoms with Crippen LogP contribution in [0.1, 0.15) is 25.7 Å². The van der Waals surface area contributed by atoms with Crippen LogP contribution in [0.2, 0.25) is 0 Å². The fourth-order valence-electron chi connectivity index (χ4n) is 7.40. The van der Waals surface area contributed by atoms with Crippen LogP contribution in [0.4, 0.5) is 0 Å². The van der Waals surface area contributed by atoms with E-state index in [1.54, 1.807) is 0 Å². The average molecular weight is 1150 g/mol. The largest absolute Gasteiger partial charge is 1.00 e. The van der Waals surface area contributed by atoms with Gasteiger partial charge in [0.05, 0.1) is 13.2 Å². The monoisotopic (exact) mass is 1150 g/mol. The number of halogens is 4. The van der Waals surface area contributed by atoms with Gasteiger partial charge in [0, 0.05) is 72.5 Å². The molecule has 4 aromatic heterocycles. The molecule has 0 aliphatic rings. The molecule has 0 saturated carbocycles. The Morgan fingerprint density at radius 1 is 0.383 bits per heavy atom. The Kier molecular flexibility index (Phi) is 19.4. The Morgan fingerprint density at radius 3 is 1.08 bits per heavy atom. The van der Waals surface area contributed by atoms with E-state index in [4.69, 9.17) is 9.47 Å². The van der Waals surface area contributed by atoms with E-state index in [1.807, 2.05) is 14.1 Å². The minimum Gasteiger partial charge on any atom is -1.00 e. The molecule has 0 amide bonds. The van der Waals surface area contributed by atoms with Crippen LogP contribution < -0.4 is 110 Å². The zero-order valence-electron chi connectivity index (χ0n) is 33.9. The van der Waals surface area contributed by atoms with E-state index in [0.717, 1.165) is 61.4 Å². The van der Waals surface area contributed by atoms with Crippen molar-refractivity contribution in [3.05, 3.63) is 171 Å². The summed E-state index contributed by atoms with van der Waals surface area (Å²) in [5.74, 6) is 1.78. The zero-order chi connectivity index (χ0) is 38.1. The van der Waals surface area contributed by atoms with Gasteiger partial charge in [-0.25, -0.2) is 18.3 Å². The Morgan fingerprint density at radius 2 is 0.717 bits per heavy atom. The third-order valence-electron chi connectivity index (χ3n) is 10.6. The summed E-state index contributed by atoms with van der Waals surface area (Å²) in [7, 11) is 4.08. The van der Waals surface area contributed by atoms with E-state index in [-0.39, 0.29) is 81.9 Å². The molecule has 0 unspecified atom stereocenters. The molecule has 6 nitrogen and oxygen atoms in total. The smallest absolute Gasteiger partial charge is 0.169 e. The third-order valence-corrected chi connectivity index (χ3v) is 10.6. The predicted octanol–water partition coefficient (Wildman–Crippen LogP) is -3.05. The molecular formula is C50H50Br2I2N4O2. The summed E-state index contributed by atoms with van der Waals surface area (Å²) in [6.07, 6.45) is 21.0. The van der Waals surface area contributed by atoms with Gasteiger partial charge in [0.1, 0.15) is 38.7 Å². The average Bonchev–Trinajstić information content (AvgIpc) is 3.24. The van der Waals surface area contributed by atoms with Crippen LogP contribution in [0.15, 0.2) is 171 Å². The molecule has 0 atom stereocenters. The van der Waals surface area contributed by atoms with Gasteiger partial charge in [-0.1, -0.05) is 60.7 Å². The normalized spacial score (nSPS) is 10.5. The van der Waals surface area contributed by atoms with Crippen LogP contribution in [0, 0.1) is 0 Å². The van der Waals surface area contributed by atoms with Gasteiger partial charge in [-0.2, -0.15) is 0 Å². The lowest BCUT2D eigenvalue weighted by molar-refractivity contribution is -0.697. The van der Waals surface area contributed by atoms with Crippen molar-refractivity contribution in [2.45, 2.75) is 38.8 Å². The second kappa shape index (κ2) is 23.9. The maximum Gasteiger partial charge on any atom is 0.169 e. The summed E-state index contributed by atoms with van der Waals surface area (Å²) in [6.45, 7) is 3.15. The maximum atomic E-state index is 6.69. The number of nitrogens with zero attached hydrogens (tertiary/aromatic N) is 4. The number of ether oxygens (including phenoxy) is 2. The molecule has 310 valence electrons. The van der Waals surface area contributed by atoms with Crippen molar-refractivity contribution in [2.24, 2.45) is 14.1 Å². The van der Waals surface area contributed by atoms with Crippen LogP contribution in [-0.4, -0.2) is 13.2 Å². The van der Waals surface area contributed by atoms with E-state index in [0.29, 0.717) is 13.2 Å². The van der Waals surface area contributed by atoms with Crippen molar-refractivity contribution < 1.29 is 110 Å². The molecule has 10 heteroatoms. The van der Waals surface area contributed by atoms with E-state index >= 15 is 0 Å². The molecule has 8 aromatic rings. The van der Waals surface area contributed by atoms with E-state index in [2.05, 4.69) is 189 Å². The van der Waals surface area contributed by atoms with Crippen molar-refractivity contribution in [1.82, 2.24) is 0 Å². The molecule has 0 aliphatic carbocycles. The lowest BCUT2D eigenvalue weighted by atomic mass is 9.92. The lowest BCUT2D eigenvalue weighted by Crippen LogP contribution is -3.00. The number of unbranched alkanes of at least 4 members (excludes halogenated alkanes) is 2. The molecule has 0 N–H and O–H groups in total. The molecule has 4 heterocycles. The highest BCUT2D eigenvalue weighted by Gasteiger charge is 2.19. The minimum atomic E-state index is 0. The standard InChI is InChI=1S/C50H50N4O2.2BrH.2HI/c1-51-29-19-39(20-30-51)41-23-33-53(34-24-41)27-7-9-37-55-47-17-15-43-11-3-5-13-45(43)49(47)50-46-14-6-4-12-44(46)16-18-48(50)56-38-10-8-28-54-35-25-42(26-36-54)40-21-31-52(2)32-22-40;;;;/h3-6,11-26,29-36H,7-10,27-28,37-38H2,1-2H3;4*1H/q+4;;;;/p-4. The van der Waals surface area contributed by atoms with Gasteiger partial charge in [-0.15, -0.1) is 0 Å². The number of rotatable bonds is 15. The van der Waals surface area contributed by atoms with Crippen molar-refractivity contribution >= 4 is 21.5 Å². The quantitative estimate of drug-likeness (QED) is 0.0623. The number of hydrogen-bond donors (Lipinski definition) is 0. The Labute approximate surface area is 409 Å². The molecular weight excluding hydrogens is 1100 g/mol. The van der Waals surface area contributed by atoms with Crippen LogP contribution in [0.25, 0.3) is 54.9 Å². The van der Waals surface area contributed by atoms with Crippen LogP contribution in [0.5, 0.6) is 11.5 Å². The Hall–Kier alpha value is -3.98. The number of benzene rings is 4. The summed E-state index contributed by atoms with van der Waals surface area (Å²) < 4.78 is 22.0. The third kappa shape index (κ3) is 12.1. The molecule has 0 spiro atoms. The maximum absolute atomic E-state index is 6.69. The van der Waals surface area contributed by atoms with Crippen LogP contribution in [0.3, 0.4) is 0 Å². The lowest BCUT2D eigenvalue weighted by Gasteiger charge is -2.20. The van der Waals surface area contributed by atoms with Crippen molar-refractivity contribution in [3.63, 3.8) is 0 Å². The number of aromatic nitrogens is 4. The van der Waals surface area contributed by atoms with Gasteiger partial charge in [0.15, 0.2) is 49.6 Å². The zero-order valence-corrected chi connectivity index (χ0v) is 41.4. The summed E-state index contributed by atoms with van der Waals surface area (Å²) in [6, 6.07) is 43.2. The van der Waals surface area contributed by atoms with Crippen LogP contribution >= 0.6 is 0 Å². The summed E-state index contributed by atoms with van der Waals surface area (Å²) in [4.78, 5) is 0. The first kappa shape index (κ1) is 48.7. The predicted molar refractivity (Wildman–Crippen MR) is 223 cm³/mol. The summed E-state index contributed by atoms with van der Waals surface area (Å²) >= 11 is 0. The van der Waals surface area contributed by atoms with Crippen molar-refractivity contribution in [1.29, 1.82) is 0 Å². The molecule has 0 aliphatic heterocycles. The van der Waals surface area contributed by atoms with Gasteiger partial charge in [0.2, 0.25) is 0 Å². The number of hydrogen-bond acceptors (Lipinski definition) is 2. The molecule has 0 fully saturated rings. The van der Waals surface area contributed by atoms with Gasteiger partial charge in [-0.05, 0) is 68.8 Å². The molecule has 8 rings (SSSR count). The summed E-state index contributed by atoms with van der Waals surface area (Å²) in [5.41, 5.74) is 7.09. The van der Waals surface area contributed by atoms with Crippen molar-refractivity contribution in [3.8, 4) is 44.9 Å². The first-order valence-corrected chi connectivity index (χ1v) is 19.8. The van der Waals surface area contributed by atoms with Gasteiger partial charge < -0.3 is 91.4 Å². The molecule has 0 radical (unpaired) electrons. The molecule has 0 bridgehead atoms. The first-order chi connectivity index (χ1) is 27.6. The number of aryl methyl sites for hydroxylation is 4. The Balaban J connectivity index is 0.00000198. The highest BCUT2D eigenvalue weighted by Crippen LogP contribution is 2.45. The first-order valence-electron chi connectivity index (χ1n) is 19.8. The van der Waals surface area contributed by atoms with Crippen molar-refractivity contribution in [2.75, 3.05) is 13.2 Å². The fourth-order valence-corrected chi connectivity index (χ4v) is 7.40. The SMILES string of the molecule is C[n+]1ccc(-c2cc[n+](CCCCOc3ccc4ccccc4c3-c3c(OCCCC[n+]4ccc(-c5cc[n+](C)cc5)cc4)ccc4ccccc34)cc2)cc1.[Br-].[Br-].[I-].[I-]. The minimum absolute atomic E-state index is 0. The van der Waals surface area contributed by atoms with Gasteiger partial charge in [-0.3, -0.25) is 0 Å². The second-order valence-electron chi connectivity index (χ2n) is 14.6. The second-order valence-corrected chi connectivity index (χ2v) is 14.6. The number of pyridine rings is 4. The van der Waals surface area contributed by atoms with E-state index in [9.17, 15) is 0 Å². The topological polar surface area (TPSA) is 34.0 Å². The van der Waals surface area contributed by atoms with E-state index < -0.39 is 0 Å². The highest BCUT2D eigenvalue weighted by atomic mass is 127. The van der Waals surface area contributed by atoms with Crippen LogP contribution in [-0.2, 0) is 27.2 Å². The van der Waals surface area contributed by atoms with E-state index in [1.165, 1.54) is 43.8 Å². The summed E-state index contributed by atoms with van der Waals surface area (Å²) in [5, 5.41) is 4.70. The molecule has 0 saturated heterocycles. The molecule has 60 heavy (non-hydrogen) atoms. The number of fused-ring (bicyclic) bond motifs is 2. The van der Waals surface area contributed by atoms with Gasteiger partial charge >= 0.3 is 0 Å². The van der Waals surface area contributed by atoms with Gasteiger partial charge in [0.25, 0.3) is 0 Å². The molecule has 4 aromatic carbocycles. The highest BCUT2D eigenvalue weighted by molar-refractivity contribution is 6.09.